The van der Waals surface area contributed by atoms with E-state index in [1.54, 1.807) is 4.57 Å². The van der Waals surface area contributed by atoms with Crippen molar-refractivity contribution in [3.8, 4) is 0 Å². The van der Waals surface area contributed by atoms with Gasteiger partial charge < -0.3 is 5.32 Å². The molecule has 5 nitrogen and oxygen atoms in total. The van der Waals surface area contributed by atoms with Crippen molar-refractivity contribution in [2.45, 2.75) is 16.5 Å². The van der Waals surface area contributed by atoms with Crippen LogP contribution in [-0.2, 0) is 13.6 Å². The monoisotopic (exact) mass is 337 g/mol. The number of benzene rings is 2. The van der Waals surface area contributed by atoms with Crippen LogP contribution in [0.3, 0.4) is 0 Å². The highest BCUT2D eigenvalue weighted by Crippen LogP contribution is 2.41. The topological polar surface area (TPSA) is 56.0 Å². The highest BCUT2D eigenvalue weighted by molar-refractivity contribution is 7.99. The fourth-order valence-electron chi connectivity index (χ4n) is 2.77. The normalized spacial score (nSPS) is 12.2. The van der Waals surface area contributed by atoms with Gasteiger partial charge in [-0.25, -0.2) is 4.79 Å². The SMILES string of the molecule is Cn1c(=O)c2c(n(Cc3ccccc3)c1=O)Sc1ccccc1N2. The van der Waals surface area contributed by atoms with Gasteiger partial charge in [0.25, 0.3) is 5.56 Å². The third kappa shape index (κ3) is 2.35. The van der Waals surface area contributed by atoms with Crippen LogP contribution < -0.4 is 16.6 Å². The predicted molar refractivity (Wildman–Crippen MR) is 95.3 cm³/mol. The largest absolute Gasteiger partial charge is 0.348 e. The Kier molecular flexibility index (Phi) is 3.54. The van der Waals surface area contributed by atoms with E-state index in [1.807, 2.05) is 54.6 Å². The molecule has 0 saturated heterocycles. The first-order valence-corrected chi connectivity index (χ1v) is 8.38. The number of para-hydroxylation sites is 1. The van der Waals surface area contributed by atoms with Gasteiger partial charge in [-0.15, -0.1) is 0 Å². The molecule has 0 spiro atoms. The molecule has 24 heavy (non-hydrogen) atoms. The molecule has 0 amide bonds. The summed E-state index contributed by atoms with van der Waals surface area (Å²) in [5.41, 5.74) is 1.74. The van der Waals surface area contributed by atoms with Crippen molar-refractivity contribution in [1.82, 2.24) is 9.13 Å². The van der Waals surface area contributed by atoms with Crippen LogP contribution in [0.15, 0.2) is 74.1 Å². The van der Waals surface area contributed by atoms with E-state index in [9.17, 15) is 9.59 Å². The third-order valence-electron chi connectivity index (χ3n) is 4.03. The number of rotatable bonds is 2. The van der Waals surface area contributed by atoms with Gasteiger partial charge >= 0.3 is 5.69 Å². The predicted octanol–water partition coefficient (Wildman–Crippen LogP) is 2.80. The van der Waals surface area contributed by atoms with Gasteiger partial charge in [-0.05, 0) is 17.7 Å². The van der Waals surface area contributed by atoms with Crippen molar-refractivity contribution in [1.29, 1.82) is 0 Å². The number of fused-ring (bicyclic) bond motifs is 2. The average Bonchev–Trinajstić information content (AvgIpc) is 2.63. The molecule has 1 aliphatic heterocycles. The second-order valence-electron chi connectivity index (χ2n) is 5.62. The molecule has 0 aliphatic carbocycles. The minimum atomic E-state index is -0.309. The van der Waals surface area contributed by atoms with Crippen LogP contribution in [0, 0.1) is 0 Å². The van der Waals surface area contributed by atoms with E-state index in [0.29, 0.717) is 17.3 Å². The molecular formula is C18H15N3O2S. The lowest BCUT2D eigenvalue weighted by Gasteiger charge is -2.24. The van der Waals surface area contributed by atoms with Crippen molar-refractivity contribution in [2.75, 3.05) is 5.32 Å². The first-order chi connectivity index (χ1) is 11.6. The molecule has 0 bridgehead atoms. The molecule has 3 aromatic rings. The second-order valence-corrected chi connectivity index (χ2v) is 6.65. The Bertz CT molecular complexity index is 1040. The van der Waals surface area contributed by atoms with E-state index in [2.05, 4.69) is 5.32 Å². The summed E-state index contributed by atoms with van der Waals surface area (Å²) >= 11 is 1.45. The lowest BCUT2D eigenvalue weighted by atomic mass is 10.2. The molecule has 1 N–H and O–H groups in total. The molecule has 1 aliphatic rings. The van der Waals surface area contributed by atoms with Gasteiger partial charge in [-0.1, -0.05) is 54.2 Å². The van der Waals surface area contributed by atoms with E-state index < -0.39 is 0 Å². The zero-order chi connectivity index (χ0) is 16.7. The van der Waals surface area contributed by atoms with Gasteiger partial charge in [0, 0.05) is 11.9 Å². The Morgan fingerprint density at radius 1 is 1.00 bits per heavy atom. The Balaban J connectivity index is 1.91. The lowest BCUT2D eigenvalue weighted by molar-refractivity contribution is 0.598. The average molecular weight is 337 g/mol. The number of aromatic nitrogens is 2. The molecule has 120 valence electrons. The highest BCUT2D eigenvalue weighted by Gasteiger charge is 2.24. The van der Waals surface area contributed by atoms with Crippen LogP contribution in [-0.4, -0.2) is 9.13 Å². The van der Waals surface area contributed by atoms with Crippen LogP contribution in [0.2, 0.25) is 0 Å². The number of hydrogen-bond donors (Lipinski definition) is 1. The van der Waals surface area contributed by atoms with Crippen molar-refractivity contribution < 1.29 is 0 Å². The fourth-order valence-corrected chi connectivity index (χ4v) is 3.84. The van der Waals surface area contributed by atoms with Crippen LogP contribution >= 0.6 is 11.8 Å². The molecule has 1 aromatic heterocycles. The summed E-state index contributed by atoms with van der Waals surface area (Å²) in [7, 11) is 1.51. The molecule has 0 radical (unpaired) electrons. The lowest BCUT2D eigenvalue weighted by Crippen LogP contribution is -2.40. The van der Waals surface area contributed by atoms with E-state index in [-0.39, 0.29) is 11.2 Å². The summed E-state index contributed by atoms with van der Waals surface area (Å²) in [6, 6.07) is 17.5. The molecule has 0 saturated carbocycles. The van der Waals surface area contributed by atoms with Gasteiger partial charge in [0.05, 0.1) is 12.2 Å². The number of nitrogens with one attached hydrogen (secondary N) is 1. The van der Waals surface area contributed by atoms with Crippen LogP contribution in [0.1, 0.15) is 5.56 Å². The first kappa shape index (κ1) is 14.8. The number of nitrogens with zero attached hydrogens (tertiary/aromatic N) is 2. The molecular weight excluding hydrogens is 322 g/mol. The standard InChI is InChI=1S/C18H15N3O2S/c1-20-16(22)15-17(24-14-10-6-5-9-13(14)19-15)21(18(20)23)11-12-7-3-2-4-8-12/h2-10,19H,11H2,1H3. The quantitative estimate of drug-likeness (QED) is 0.572. The molecule has 2 heterocycles. The Morgan fingerprint density at radius 3 is 2.50 bits per heavy atom. The Morgan fingerprint density at radius 2 is 1.71 bits per heavy atom. The van der Waals surface area contributed by atoms with Gasteiger partial charge in [0.2, 0.25) is 0 Å². The van der Waals surface area contributed by atoms with Gasteiger partial charge in [0.1, 0.15) is 10.7 Å². The fraction of sp³-hybridized carbons (Fsp3) is 0.111. The van der Waals surface area contributed by atoms with Gasteiger partial charge in [-0.3, -0.25) is 13.9 Å². The van der Waals surface area contributed by atoms with Crippen molar-refractivity contribution in [3.05, 3.63) is 81.0 Å². The smallest absolute Gasteiger partial charge is 0.332 e. The minimum Gasteiger partial charge on any atom is -0.348 e. The second kappa shape index (κ2) is 5.72. The molecule has 2 aromatic carbocycles. The summed E-state index contributed by atoms with van der Waals surface area (Å²) < 4.78 is 2.81. The van der Waals surface area contributed by atoms with Crippen molar-refractivity contribution in [3.63, 3.8) is 0 Å². The van der Waals surface area contributed by atoms with E-state index in [1.165, 1.54) is 18.8 Å². The van der Waals surface area contributed by atoms with E-state index in [0.717, 1.165) is 20.7 Å². The summed E-state index contributed by atoms with van der Waals surface area (Å²) in [6.07, 6.45) is 0. The zero-order valence-corrected chi connectivity index (χ0v) is 13.8. The molecule has 6 heteroatoms. The maximum absolute atomic E-state index is 12.7. The number of hydrogen-bond acceptors (Lipinski definition) is 4. The van der Waals surface area contributed by atoms with Crippen LogP contribution in [0.25, 0.3) is 0 Å². The first-order valence-electron chi connectivity index (χ1n) is 7.57. The maximum Gasteiger partial charge on any atom is 0.332 e. The third-order valence-corrected chi connectivity index (χ3v) is 5.23. The summed E-state index contributed by atoms with van der Waals surface area (Å²) in [6.45, 7) is 0.424. The molecule has 0 fully saturated rings. The van der Waals surface area contributed by atoms with Crippen molar-refractivity contribution in [2.24, 2.45) is 7.05 Å². The minimum absolute atomic E-state index is 0.304. The van der Waals surface area contributed by atoms with Gasteiger partial charge in [-0.2, -0.15) is 0 Å². The summed E-state index contributed by atoms with van der Waals surface area (Å²) in [5, 5.41) is 3.85. The molecule has 0 atom stereocenters. The summed E-state index contributed by atoms with van der Waals surface area (Å²) in [5.74, 6) is 0. The van der Waals surface area contributed by atoms with Crippen LogP contribution in [0.5, 0.6) is 0 Å². The van der Waals surface area contributed by atoms with E-state index in [4.69, 9.17) is 0 Å². The van der Waals surface area contributed by atoms with Crippen molar-refractivity contribution >= 4 is 23.1 Å². The number of anilines is 2. The Hall–Kier alpha value is -2.73. The Labute approximate surface area is 142 Å². The highest BCUT2D eigenvalue weighted by atomic mass is 32.2. The zero-order valence-electron chi connectivity index (χ0n) is 13.0. The summed E-state index contributed by atoms with van der Waals surface area (Å²) in [4.78, 5) is 26.2. The molecule has 0 unspecified atom stereocenters. The van der Waals surface area contributed by atoms with Crippen LogP contribution in [0.4, 0.5) is 11.4 Å². The molecule has 4 rings (SSSR count). The maximum atomic E-state index is 12.7. The van der Waals surface area contributed by atoms with E-state index >= 15 is 0 Å². The van der Waals surface area contributed by atoms with Gasteiger partial charge in [0.15, 0.2) is 0 Å².